The van der Waals surface area contributed by atoms with Gasteiger partial charge in [-0.2, -0.15) is 0 Å². The van der Waals surface area contributed by atoms with Gasteiger partial charge >= 0.3 is 12.1 Å². The molecule has 11 heteroatoms. The number of benzene rings is 2. The monoisotopic (exact) mass is 635 g/mol. The zero-order valence-electron chi connectivity index (χ0n) is 25.0. The molecule has 2 aliphatic heterocycles. The van der Waals surface area contributed by atoms with Crippen LogP contribution < -0.4 is 0 Å². The van der Waals surface area contributed by atoms with Crippen LogP contribution in [0.4, 0.5) is 4.79 Å². The van der Waals surface area contributed by atoms with Gasteiger partial charge in [0.2, 0.25) is 0 Å². The number of hydrogen-bond donors (Lipinski definition) is 2. The van der Waals surface area contributed by atoms with Crippen molar-refractivity contribution >= 4 is 48.4 Å². The van der Waals surface area contributed by atoms with Gasteiger partial charge in [0.1, 0.15) is 27.9 Å². The molecule has 0 aliphatic carbocycles. The Bertz CT molecular complexity index is 1510. The molecule has 2 atom stereocenters. The molecule has 2 saturated heterocycles. The third-order valence-corrected chi connectivity index (χ3v) is 9.03. The lowest BCUT2D eigenvalue weighted by Gasteiger charge is -2.38. The summed E-state index contributed by atoms with van der Waals surface area (Å²) in [4.78, 5) is 43.5. The van der Waals surface area contributed by atoms with Gasteiger partial charge in [-0.3, -0.25) is 14.5 Å². The van der Waals surface area contributed by atoms with Crippen molar-refractivity contribution in [1.82, 2.24) is 14.7 Å². The van der Waals surface area contributed by atoms with E-state index < -0.39 is 17.6 Å². The molecule has 9 nitrogen and oxygen atoms in total. The van der Waals surface area contributed by atoms with Gasteiger partial charge in [0, 0.05) is 44.4 Å². The van der Waals surface area contributed by atoms with Gasteiger partial charge in [-0.25, -0.2) is 4.79 Å². The summed E-state index contributed by atoms with van der Waals surface area (Å²) in [6.07, 6.45) is 1.71. The Morgan fingerprint density at radius 2 is 1.70 bits per heavy atom. The van der Waals surface area contributed by atoms with E-state index in [4.69, 9.17) is 9.15 Å². The number of amides is 2. The van der Waals surface area contributed by atoms with Crippen molar-refractivity contribution in [3.8, 4) is 11.3 Å². The number of piperazine rings is 1. The molecule has 3 heterocycles. The first kappa shape index (κ1) is 31.7. The maximum atomic E-state index is 13.1. The van der Waals surface area contributed by atoms with Crippen LogP contribution in [0.3, 0.4) is 0 Å². The number of carboxylic acid groups (broad SMARTS) is 1. The van der Waals surface area contributed by atoms with Gasteiger partial charge in [-0.15, -0.1) is 12.6 Å². The van der Waals surface area contributed by atoms with Gasteiger partial charge < -0.3 is 24.1 Å². The van der Waals surface area contributed by atoms with Crippen LogP contribution in [0.15, 0.2) is 76.1 Å². The molecule has 0 radical (unpaired) electrons. The lowest BCUT2D eigenvalue weighted by Crippen LogP contribution is -2.55. The number of nitrogens with zero attached hydrogens (tertiary/aromatic N) is 3. The Morgan fingerprint density at radius 1 is 1.02 bits per heavy atom. The molecular weight excluding hydrogens is 599 g/mol. The first-order valence-electron chi connectivity index (χ1n) is 14.5. The second-order valence-corrected chi connectivity index (χ2v) is 13.8. The summed E-state index contributed by atoms with van der Waals surface area (Å²) < 4.78 is 11.2. The summed E-state index contributed by atoms with van der Waals surface area (Å²) in [6.45, 7) is 7.70. The largest absolute Gasteiger partial charge is 0.480 e. The van der Waals surface area contributed by atoms with Gasteiger partial charge in [-0.05, 0) is 50.5 Å². The average Bonchev–Trinajstić information content (AvgIpc) is 3.56. The van der Waals surface area contributed by atoms with Gasteiger partial charge in [0.15, 0.2) is 0 Å². The Labute approximate surface area is 267 Å². The van der Waals surface area contributed by atoms with Crippen LogP contribution in [0.2, 0.25) is 0 Å². The fourth-order valence-electron chi connectivity index (χ4n) is 5.15. The van der Waals surface area contributed by atoms with Gasteiger partial charge in [0.25, 0.3) is 5.91 Å². The SMILES string of the molecule is CC(C)(C)OC(=O)N1CCN(C(Cc2ccc(-c3ccc(/C=C4\SC(S)N(Cc5ccccc5)C4=O)o3)cc2)C(=O)O)CC1. The molecule has 44 heavy (non-hydrogen) atoms. The molecule has 2 amide bonds. The van der Waals surface area contributed by atoms with Crippen LogP contribution >= 0.6 is 24.4 Å². The highest BCUT2D eigenvalue weighted by molar-refractivity contribution is 8.14. The Kier molecular flexibility index (Phi) is 9.77. The number of aliphatic carboxylic acids is 1. The number of ether oxygens (including phenoxy) is 1. The van der Waals surface area contributed by atoms with Crippen molar-refractivity contribution in [1.29, 1.82) is 0 Å². The highest BCUT2D eigenvalue weighted by Gasteiger charge is 2.34. The third-order valence-electron chi connectivity index (χ3n) is 7.43. The molecule has 232 valence electrons. The molecule has 2 fully saturated rings. The molecule has 2 aromatic carbocycles. The lowest BCUT2D eigenvalue weighted by molar-refractivity contribution is -0.144. The molecule has 0 spiro atoms. The van der Waals surface area contributed by atoms with Crippen LogP contribution in [-0.2, 0) is 27.3 Å². The van der Waals surface area contributed by atoms with Crippen LogP contribution in [0.1, 0.15) is 37.7 Å². The minimum absolute atomic E-state index is 0.0830. The Morgan fingerprint density at radius 3 is 2.34 bits per heavy atom. The number of thioether (sulfide) groups is 1. The Hall–Kier alpha value is -3.67. The zero-order valence-corrected chi connectivity index (χ0v) is 26.7. The molecule has 5 rings (SSSR count). The zero-order chi connectivity index (χ0) is 31.4. The van der Waals surface area contributed by atoms with E-state index in [0.717, 1.165) is 16.7 Å². The fraction of sp³-hybridized carbons (Fsp3) is 0.364. The normalized spacial score (nSPS) is 19.4. The topological polar surface area (TPSA) is 104 Å². The number of carbonyl (C=O) groups is 3. The van der Waals surface area contributed by atoms with E-state index in [0.29, 0.717) is 55.6 Å². The molecular formula is C33H37N3O6S2. The summed E-state index contributed by atoms with van der Waals surface area (Å²) in [5.41, 5.74) is 2.20. The average molecular weight is 636 g/mol. The van der Waals surface area contributed by atoms with Crippen LogP contribution in [0.5, 0.6) is 0 Å². The predicted octanol–water partition coefficient (Wildman–Crippen LogP) is 5.82. The van der Waals surface area contributed by atoms with E-state index in [2.05, 4.69) is 12.6 Å². The molecule has 0 bridgehead atoms. The summed E-state index contributed by atoms with van der Waals surface area (Å²) in [5.74, 6) is 0.239. The summed E-state index contributed by atoms with van der Waals surface area (Å²) in [7, 11) is 0. The smallest absolute Gasteiger partial charge is 0.410 e. The van der Waals surface area contributed by atoms with Crippen LogP contribution in [-0.4, -0.2) is 80.3 Å². The number of furan rings is 1. The van der Waals surface area contributed by atoms with Crippen molar-refractivity contribution in [2.24, 2.45) is 0 Å². The molecule has 2 aliphatic rings. The van der Waals surface area contributed by atoms with Crippen LogP contribution in [0, 0.1) is 0 Å². The van der Waals surface area contributed by atoms with Gasteiger partial charge in [0.05, 0.1) is 4.91 Å². The number of carboxylic acids is 1. The van der Waals surface area contributed by atoms with Crippen molar-refractivity contribution in [3.05, 3.63) is 88.5 Å². The van der Waals surface area contributed by atoms with E-state index >= 15 is 0 Å². The standard InChI is InChI=1S/C33H37N3O6S2/c1-33(2,3)42-31(40)35-17-15-34(16-18-35)26(30(38)39)19-22-9-11-24(12-10-22)27-14-13-25(41-27)20-28-29(37)36(32(43)44-28)21-23-7-5-4-6-8-23/h4-14,20,26,32,43H,15-19,21H2,1-3H3,(H,38,39)/b28-20-. The van der Waals surface area contributed by atoms with Crippen molar-refractivity contribution in [2.75, 3.05) is 26.2 Å². The minimum Gasteiger partial charge on any atom is -0.480 e. The number of carbonyl (C=O) groups excluding carboxylic acids is 2. The van der Waals surface area contributed by atoms with E-state index in [1.807, 2.05) is 92.4 Å². The van der Waals surface area contributed by atoms with E-state index in [1.165, 1.54) is 11.8 Å². The number of hydrogen-bond acceptors (Lipinski definition) is 8. The van der Waals surface area contributed by atoms with E-state index in [9.17, 15) is 19.5 Å². The van der Waals surface area contributed by atoms with Crippen molar-refractivity contribution in [2.45, 2.75) is 50.1 Å². The predicted molar refractivity (Wildman–Crippen MR) is 174 cm³/mol. The van der Waals surface area contributed by atoms with E-state index in [-0.39, 0.29) is 16.7 Å². The second kappa shape index (κ2) is 13.5. The van der Waals surface area contributed by atoms with Gasteiger partial charge in [-0.1, -0.05) is 66.4 Å². The maximum Gasteiger partial charge on any atom is 0.410 e. The van der Waals surface area contributed by atoms with Crippen molar-refractivity contribution in [3.63, 3.8) is 0 Å². The first-order valence-corrected chi connectivity index (χ1v) is 15.9. The quantitative estimate of drug-likeness (QED) is 0.236. The van der Waals surface area contributed by atoms with Crippen molar-refractivity contribution < 1.29 is 28.6 Å². The maximum absolute atomic E-state index is 13.1. The summed E-state index contributed by atoms with van der Waals surface area (Å²) >= 11 is 6.00. The van der Waals surface area contributed by atoms with Crippen LogP contribution in [0.25, 0.3) is 17.4 Å². The lowest BCUT2D eigenvalue weighted by atomic mass is 10.0. The highest BCUT2D eigenvalue weighted by Crippen LogP contribution is 2.39. The summed E-state index contributed by atoms with van der Waals surface area (Å²) in [6, 6.07) is 20.4. The molecule has 0 saturated carbocycles. The molecule has 1 N–H and O–H groups in total. The number of thiol groups is 1. The Balaban J connectivity index is 1.19. The molecule has 2 unspecified atom stereocenters. The minimum atomic E-state index is -0.895. The fourth-order valence-corrected chi connectivity index (χ4v) is 6.61. The highest BCUT2D eigenvalue weighted by atomic mass is 32.2. The summed E-state index contributed by atoms with van der Waals surface area (Å²) in [5, 5.41) is 9.99. The first-order chi connectivity index (χ1) is 21.0. The third kappa shape index (κ3) is 7.88. The molecule has 1 aromatic heterocycles. The van der Waals surface area contributed by atoms with E-state index in [1.54, 1.807) is 15.9 Å². The molecule has 3 aromatic rings. The number of rotatable bonds is 8. The second-order valence-electron chi connectivity index (χ2n) is 11.8.